The van der Waals surface area contributed by atoms with Crippen LogP contribution in [0.25, 0.3) is 5.69 Å². The Morgan fingerprint density at radius 1 is 1.32 bits per heavy atom. The Hall–Kier alpha value is -2.38. The van der Waals surface area contributed by atoms with Gasteiger partial charge in [0.15, 0.2) is 0 Å². The molecule has 0 radical (unpaired) electrons. The first-order valence-electron chi connectivity index (χ1n) is 7.60. The van der Waals surface area contributed by atoms with Crippen molar-refractivity contribution >= 4 is 41.2 Å². The van der Waals surface area contributed by atoms with Crippen LogP contribution < -0.4 is 10.7 Å². The van der Waals surface area contributed by atoms with E-state index in [0.717, 1.165) is 12.8 Å². The van der Waals surface area contributed by atoms with E-state index in [1.807, 2.05) is 6.07 Å². The molecule has 2 N–H and O–H groups in total. The Bertz CT molecular complexity index is 858. The van der Waals surface area contributed by atoms with Crippen molar-refractivity contribution in [2.75, 3.05) is 0 Å². The molecule has 1 fully saturated rings. The SMILES string of the molecule is Cc1nn(-c2cccc(Cl)c2)c(Cl)c1/C=N\NC(=O)C(=O)NC1CC1. The van der Waals surface area contributed by atoms with E-state index in [4.69, 9.17) is 23.2 Å². The molecule has 0 bridgehead atoms. The number of nitrogens with one attached hydrogen (secondary N) is 2. The molecule has 9 heteroatoms. The highest BCUT2D eigenvalue weighted by molar-refractivity contribution is 6.35. The minimum Gasteiger partial charge on any atom is -0.345 e. The number of aromatic nitrogens is 2. The lowest BCUT2D eigenvalue weighted by atomic mass is 10.3. The van der Waals surface area contributed by atoms with Crippen molar-refractivity contribution in [3.63, 3.8) is 0 Å². The van der Waals surface area contributed by atoms with Crippen molar-refractivity contribution in [2.45, 2.75) is 25.8 Å². The number of amides is 2. The average Bonchev–Trinajstić information content (AvgIpc) is 3.34. The number of hydrogen-bond acceptors (Lipinski definition) is 4. The Morgan fingerprint density at radius 2 is 2.08 bits per heavy atom. The summed E-state index contributed by atoms with van der Waals surface area (Å²) in [4.78, 5) is 23.2. The highest BCUT2D eigenvalue weighted by atomic mass is 35.5. The summed E-state index contributed by atoms with van der Waals surface area (Å²) in [5.74, 6) is -1.52. The van der Waals surface area contributed by atoms with E-state index in [-0.39, 0.29) is 6.04 Å². The fourth-order valence-corrected chi connectivity index (χ4v) is 2.63. The second kappa shape index (κ2) is 7.25. The molecule has 0 saturated heterocycles. The third kappa shape index (κ3) is 4.18. The number of carbonyl (C=O) groups excluding carboxylic acids is 2. The van der Waals surface area contributed by atoms with Crippen LogP contribution in [0.4, 0.5) is 0 Å². The second-order valence-electron chi connectivity index (χ2n) is 5.63. The van der Waals surface area contributed by atoms with E-state index >= 15 is 0 Å². The number of benzene rings is 1. The smallest absolute Gasteiger partial charge is 0.329 e. The summed E-state index contributed by atoms with van der Waals surface area (Å²) in [6, 6.07) is 7.19. The summed E-state index contributed by atoms with van der Waals surface area (Å²) in [6.45, 7) is 1.76. The van der Waals surface area contributed by atoms with Crippen LogP contribution in [0.5, 0.6) is 0 Å². The van der Waals surface area contributed by atoms with Crippen molar-refractivity contribution in [3.05, 3.63) is 45.7 Å². The first kappa shape index (κ1) is 17.4. The maximum Gasteiger partial charge on any atom is 0.329 e. The summed E-state index contributed by atoms with van der Waals surface area (Å²) in [5, 5.41) is 11.6. The van der Waals surface area contributed by atoms with Crippen molar-refractivity contribution in [3.8, 4) is 5.69 Å². The third-order valence-corrected chi connectivity index (χ3v) is 4.18. The van der Waals surface area contributed by atoms with Crippen molar-refractivity contribution in [1.82, 2.24) is 20.5 Å². The maximum absolute atomic E-state index is 11.6. The van der Waals surface area contributed by atoms with E-state index in [2.05, 4.69) is 20.9 Å². The van der Waals surface area contributed by atoms with Gasteiger partial charge < -0.3 is 5.32 Å². The number of halogens is 2. The lowest BCUT2D eigenvalue weighted by molar-refractivity contribution is -0.139. The zero-order valence-corrected chi connectivity index (χ0v) is 14.8. The molecule has 3 rings (SSSR count). The largest absolute Gasteiger partial charge is 0.345 e. The topological polar surface area (TPSA) is 88.4 Å². The van der Waals surface area contributed by atoms with Crippen LogP contribution in [0.1, 0.15) is 24.1 Å². The standard InChI is InChI=1S/C16H15Cl2N5O2/c1-9-13(8-19-21-16(25)15(24)20-11-5-6-11)14(18)23(22-9)12-4-2-3-10(17)7-12/h2-4,7-8,11H,5-6H2,1H3,(H,20,24)(H,21,25)/b19-8-. The van der Waals surface area contributed by atoms with Crippen LogP contribution in [0.2, 0.25) is 10.2 Å². The van der Waals surface area contributed by atoms with Gasteiger partial charge >= 0.3 is 11.8 Å². The molecule has 0 unspecified atom stereocenters. The number of nitrogens with zero attached hydrogens (tertiary/aromatic N) is 3. The first-order chi connectivity index (χ1) is 12.0. The molecular formula is C16H15Cl2N5O2. The number of carbonyl (C=O) groups is 2. The summed E-state index contributed by atoms with van der Waals surface area (Å²) in [5.41, 5.74) is 4.03. The molecule has 1 saturated carbocycles. The molecule has 0 atom stereocenters. The summed E-state index contributed by atoms with van der Waals surface area (Å²) >= 11 is 12.3. The van der Waals surface area contributed by atoms with Gasteiger partial charge in [0.1, 0.15) is 5.15 Å². The van der Waals surface area contributed by atoms with E-state index in [1.54, 1.807) is 25.1 Å². The monoisotopic (exact) mass is 379 g/mol. The van der Waals surface area contributed by atoms with Gasteiger partial charge in [0.05, 0.1) is 23.2 Å². The molecule has 0 spiro atoms. The lowest BCUT2D eigenvalue weighted by Crippen LogP contribution is -2.38. The van der Waals surface area contributed by atoms with E-state index < -0.39 is 11.8 Å². The molecule has 1 aliphatic carbocycles. The molecule has 25 heavy (non-hydrogen) atoms. The lowest BCUT2D eigenvalue weighted by Gasteiger charge is -2.03. The highest BCUT2D eigenvalue weighted by Gasteiger charge is 2.26. The summed E-state index contributed by atoms with van der Waals surface area (Å²) < 4.78 is 1.52. The van der Waals surface area contributed by atoms with Crippen molar-refractivity contribution < 1.29 is 9.59 Å². The predicted octanol–water partition coefficient (Wildman–Crippen LogP) is 2.22. The summed E-state index contributed by atoms with van der Waals surface area (Å²) in [6.07, 6.45) is 3.16. The van der Waals surface area contributed by atoms with Gasteiger partial charge in [-0.1, -0.05) is 29.3 Å². The van der Waals surface area contributed by atoms with Crippen LogP contribution in [0.3, 0.4) is 0 Å². The molecule has 2 aromatic rings. The molecular weight excluding hydrogens is 365 g/mol. The van der Waals surface area contributed by atoms with Crippen LogP contribution >= 0.6 is 23.2 Å². The Morgan fingerprint density at radius 3 is 2.76 bits per heavy atom. The van der Waals surface area contributed by atoms with Crippen molar-refractivity contribution in [1.29, 1.82) is 0 Å². The fourth-order valence-electron chi connectivity index (χ4n) is 2.12. The molecule has 1 aliphatic rings. The zero-order valence-electron chi connectivity index (χ0n) is 13.3. The maximum atomic E-state index is 11.6. The van der Waals surface area contributed by atoms with Crippen LogP contribution in [0.15, 0.2) is 29.4 Å². The fraction of sp³-hybridized carbons (Fsp3) is 0.250. The van der Waals surface area contributed by atoms with Crippen molar-refractivity contribution in [2.24, 2.45) is 5.10 Å². The molecule has 1 aromatic carbocycles. The normalized spacial score (nSPS) is 13.9. The zero-order chi connectivity index (χ0) is 18.0. The first-order valence-corrected chi connectivity index (χ1v) is 8.36. The van der Waals surface area contributed by atoms with Gasteiger partial charge in [0.2, 0.25) is 0 Å². The Balaban J connectivity index is 1.72. The van der Waals surface area contributed by atoms with Gasteiger partial charge in [-0.05, 0) is 38.0 Å². The Kier molecular flexibility index (Phi) is 5.06. The molecule has 1 aromatic heterocycles. The van der Waals surface area contributed by atoms with Gasteiger partial charge in [0.25, 0.3) is 0 Å². The van der Waals surface area contributed by atoms with Gasteiger partial charge in [-0.2, -0.15) is 10.2 Å². The van der Waals surface area contributed by atoms with E-state index in [9.17, 15) is 9.59 Å². The number of aryl methyl sites for hydroxylation is 1. The number of rotatable bonds is 4. The molecule has 0 aliphatic heterocycles. The van der Waals surface area contributed by atoms with Crippen LogP contribution in [0, 0.1) is 6.92 Å². The van der Waals surface area contributed by atoms with Gasteiger partial charge in [-0.25, -0.2) is 10.1 Å². The summed E-state index contributed by atoms with van der Waals surface area (Å²) in [7, 11) is 0. The average molecular weight is 380 g/mol. The van der Waals surface area contributed by atoms with E-state index in [0.29, 0.717) is 27.1 Å². The highest BCUT2D eigenvalue weighted by Crippen LogP contribution is 2.23. The predicted molar refractivity (Wildman–Crippen MR) is 95.2 cm³/mol. The third-order valence-electron chi connectivity index (χ3n) is 3.58. The van der Waals surface area contributed by atoms with Gasteiger partial charge in [-0.15, -0.1) is 0 Å². The Labute approximate surface area is 154 Å². The molecule has 7 nitrogen and oxygen atoms in total. The number of hydrazone groups is 1. The van der Waals surface area contributed by atoms with E-state index in [1.165, 1.54) is 10.9 Å². The minimum atomic E-state index is -0.820. The quantitative estimate of drug-likeness (QED) is 0.484. The molecule has 2 amide bonds. The molecule has 1 heterocycles. The number of hydrogen-bond donors (Lipinski definition) is 2. The second-order valence-corrected chi connectivity index (χ2v) is 6.42. The molecule has 130 valence electrons. The van der Waals surface area contributed by atoms with Crippen LogP contribution in [-0.4, -0.2) is 33.9 Å². The van der Waals surface area contributed by atoms with Gasteiger partial charge in [-0.3, -0.25) is 9.59 Å². The van der Waals surface area contributed by atoms with Crippen LogP contribution in [-0.2, 0) is 9.59 Å². The minimum absolute atomic E-state index is 0.106. The van der Waals surface area contributed by atoms with Gasteiger partial charge in [0, 0.05) is 11.1 Å².